The quantitative estimate of drug-likeness (QED) is 0.254. The molecule has 164 valence electrons. The molecule has 0 heterocycles. The first-order valence-electron chi connectivity index (χ1n) is 11.9. The highest BCUT2D eigenvalue weighted by atomic mass is 16.5. The van der Waals surface area contributed by atoms with Crippen molar-refractivity contribution in [3.63, 3.8) is 0 Å². The van der Waals surface area contributed by atoms with E-state index in [9.17, 15) is 0 Å². The molecule has 0 radical (unpaired) electrons. The van der Waals surface area contributed by atoms with E-state index in [-0.39, 0.29) is 0 Å². The van der Waals surface area contributed by atoms with Crippen molar-refractivity contribution in [1.82, 2.24) is 0 Å². The Hall–Kier alpha value is -4.10. The molecule has 0 saturated heterocycles. The summed E-state index contributed by atoms with van der Waals surface area (Å²) in [5.74, 6) is 0.895. The van der Waals surface area contributed by atoms with Crippen LogP contribution < -0.4 is 4.74 Å². The van der Waals surface area contributed by atoms with Gasteiger partial charge in [-0.05, 0) is 68.8 Å². The van der Waals surface area contributed by atoms with Crippen LogP contribution in [0.15, 0.2) is 115 Å². The minimum absolute atomic E-state index is 0.895. The number of hydrogen-bond acceptors (Lipinski definition) is 1. The summed E-state index contributed by atoms with van der Waals surface area (Å²) in [7, 11) is 1.76. The lowest BCUT2D eigenvalue weighted by atomic mass is 9.85. The van der Waals surface area contributed by atoms with Gasteiger partial charge in [-0.1, -0.05) is 103 Å². The summed E-state index contributed by atoms with van der Waals surface area (Å²) in [6.45, 7) is 0. The van der Waals surface area contributed by atoms with Crippen LogP contribution in [-0.4, -0.2) is 7.11 Å². The minimum Gasteiger partial charge on any atom is -0.496 e. The second kappa shape index (κ2) is 8.68. The average molecular weight is 439 g/mol. The Kier molecular flexibility index (Phi) is 5.24. The summed E-state index contributed by atoms with van der Waals surface area (Å²) in [5.41, 5.74) is 7.39. The van der Waals surface area contributed by atoms with E-state index in [1.165, 1.54) is 49.4 Å². The first-order valence-corrected chi connectivity index (χ1v) is 11.9. The molecule has 1 aliphatic carbocycles. The van der Waals surface area contributed by atoms with Crippen LogP contribution in [0.2, 0.25) is 0 Å². The van der Waals surface area contributed by atoms with Crippen LogP contribution in [0.5, 0.6) is 5.75 Å². The molecule has 1 aliphatic rings. The van der Waals surface area contributed by atoms with Gasteiger partial charge in [-0.3, -0.25) is 0 Å². The number of ether oxygens (including phenoxy) is 1. The highest BCUT2D eigenvalue weighted by Gasteiger charge is 2.19. The summed E-state index contributed by atoms with van der Waals surface area (Å²) in [6.07, 6.45) is 9.04. The molecular weight excluding hydrogens is 412 g/mol. The van der Waals surface area contributed by atoms with E-state index in [2.05, 4.69) is 115 Å². The fraction of sp³-hybridized carbons (Fsp3) is 0.0909. The van der Waals surface area contributed by atoms with Crippen LogP contribution in [0, 0.1) is 0 Å². The number of methoxy groups -OCH3 is 1. The van der Waals surface area contributed by atoms with Gasteiger partial charge in [0.15, 0.2) is 0 Å². The SMILES string of the molecule is COc1ccc(C2=CCCC=C2)cc1-c1c2ccccc2c(-c2ccccc2)c2ccccc12. The van der Waals surface area contributed by atoms with Crippen molar-refractivity contribution in [2.45, 2.75) is 12.8 Å². The molecule has 5 aromatic carbocycles. The number of fused-ring (bicyclic) bond motifs is 2. The molecule has 0 saturated carbocycles. The molecule has 0 atom stereocenters. The van der Waals surface area contributed by atoms with Crippen LogP contribution in [0.4, 0.5) is 0 Å². The standard InChI is InChI=1S/C33H26O/c1-34-31-21-20-25(23-12-4-2-5-13-23)22-30(31)33-28-18-10-8-16-26(28)32(24-14-6-3-7-15-24)27-17-9-11-19-29(27)33/h3-4,6-22H,2,5H2,1H3. The highest BCUT2D eigenvalue weighted by molar-refractivity contribution is 6.21. The fourth-order valence-corrected chi connectivity index (χ4v) is 5.24. The molecule has 0 fully saturated rings. The second-order valence-corrected chi connectivity index (χ2v) is 8.76. The monoisotopic (exact) mass is 438 g/mol. The van der Waals surface area contributed by atoms with E-state index in [0.717, 1.165) is 24.2 Å². The van der Waals surface area contributed by atoms with Crippen LogP contribution in [0.1, 0.15) is 18.4 Å². The Morgan fingerprint density at radius 2 is 1.21 bits per heavy atom. The fourth-order valence-electron chi connectivity index (χ4n) is 5.24. The van der Waals surface area contributed by atoms with E-state index < -0.39 is 0 Å². The molecule has 0 aromatic heterocycles. The Morgan fingerprint density at radius 3 is 1.79 bits per heavy atom. The van der Waals surface area contributed by atoms with Crippen molar-refractivity contribution in [2.75, 3.05) is 7.11 Å². The van der Waals surface area contributed by atoms with Crippen LogP contribution in [0.25, 0.3) is 49.4 Å². The Morgan fingerprint density at radius 1 is 0.588 bits per heavy atom. The summed E-state index contributed by atoms with van der Waals surface area (Å²) < 4.78 is 5.92. The van der Waals surface area contributed by atoms with Crippen molar-refractivity contribution in [2.24, 2.45) is 0 Å². The largest absolute Gasteiger partial charge is 0.496 e. The number of allylic oxidation sites excluding steroid dienone is 4. The first kappa shape index (κ1) is 20.5. The van der Waals surface area contributed by atoms with Gasteiger partial charge in [0.25, 0.3) is 0 Å². The molecule has 0 spiro atoms. The van der Waals surface area contributed by atoms with E-state index >= 15 is 0 Å². The van der Waals surface area contributed by atoms with E-state index in [1.54, 1.807) is 7.11 Å². The third-order valence-electron chi connectivity index (χ3n) is 6.79. The van der Waals surface area contributed by atoms with Gasteiger partial charge in [-0.15, -0.1) is 0 Å². The lowest BCUT2D eigenvalue weighted by Gasteiger charge is -2.20. The topological polar surface area (TPSA) is 9.23 Å². The summed E-state index contributed by atoms with van der Waals surface area (Å²) >= 11 is 0. The molecule has 1 heteroatoms. The first-order chi connectivity index (χ1) is 16.8. The number of hydrogen-bond donors (Lipinski definition) is 0. The molecule has 0 unspecified atom stereocenters. The molecule has 6 rings (SSSR count). The zero-order valence-electron chi connectivity index (χ0n) is 19.3. The zero-order valence-corrected chi connectivity index (χ0v) is 19.3. The van der Waals surface area contributed by atoms with Crippen molar-refractivity contribution >= 4 is 27.1 Å². The minimum atomic E-state index is 0.895. The smallest absolute Gasteiger partial charge is 0.126 e. The van der Waals surface area contributed by atoms with Gasteiger partial charge in [-0.2, -0.15) is 0 Å². The summed E-state index contributed by atoms with van der Waals surface area (Å²) in [4.78, 5) is 0. The second-order valence-electron chi connectivity index (χ2n) is 8.76. The van der Waals surface area contributed by atoms with Gasteiger partial charge >= 0.3 is 0 Å². The number of rotatable bonds is 4. The third-order valence-corrected chi connectivity index (χ3v) is 6.79. The molecule has 0 amide bonds. The van der Waals surface area contributed by atoms with Crippen LogP contribution in [0.3, 0.4) is 0 Å². The van der Waals surface area contributed by atoms with Gasteiger partial charge in [0, 0.05) is 11.1 Å². The normalized spacial score (nSPS) is 13.3. The lowest BCUT2D eigenvalue weighted by Crippen LogP contribution is -1.95. The van der Waals surface area contributed by atoms with Gasteiger partial charge in [0.1, 0.15) is 5.75 Å². The maximum atomic E-state index is 5.92. The highest BCUT2D eigenvalue weighted by Crippen LogP contribution is 2.46. The third kappa shape index (κ3) is 3.41. The number of benzene rings is 5. The van der Waals surface area contributed by atoms with E-state index in [4.69, 9.17) is 4.74 Å². The summed E-state index contributed by atoms with van der Waals surface area (Å²) in [5, 5.41) is 4.99. The molecule has 5 aromatic rings. The zero-order chi connectivity index (χ0) is 22.9. The maximum Gasteiger partial charge on any atom is 0.126 e. The van der Waals surface area contributed by atoms with E-state index in [0.29, 0.717) is 0 Å². The Bertz CT molecular complexity index is 1510. The van der Waals surface area contributed by atoms with Gasteiger partial charge in [-0.25, -0.2) is 0 Å². The lowest BCUT2D eigenvalue weighted by molar-refractivity contribution is 0.416. The van der Waals surface area contributed by atoms with Crippen LogP contribution >= 0.6 is 0 Å². The molecule has 0 bridgehead atoms. The predicted octanol–water partition coefficient (Wildman–Crippen LogP) is 9.07. The molecule has 0 aliphatic heterocycles. The van der Waals surface area contributed by atoms with Crippen molar-refractivity contribution in [3.8, 4) is 28.0 Å². The van der Waals surface area contributed by atoms with Crippen molar-refractivity contribution in [3.05, 3.63) is 121 Å². The average Bonchev–Trinajstić information content (AvgIpc) is 2.92. The Labute approximate surface area is 200 Å². The maximum absolute atomic E-state index is 5.92. The van der Waals surface area contributed by atoms with Crippen molar-refractivity contribution in [1.29, 1.82) is 0 Å². The van der Waals surface area contributed by atoms with Gasteiger partial charge in [0.05, 0.1) is 7.11 Å². The van der Waals surface area contributed by atoms with Gasteiger partial charge < -0.3 is 4.74 Å². The Balaban J connectivity index is 1.73. The van der Waals surface area contributed by atoms with Gasteiger partial charge in [0.2, 0.25) is 0 Å². The predicted molar refractivity (Wildman–Crippen MR) is 145 cm³/mol. The van der Waals surface area contributed by atoms with E-state index in [1.807, 2.05) is 0 Å². The van der Waals surface area contributed by atoms with Crippen molar-refractivity contribution < 1.29 is 4.74 Å². The molecule has 1 nitrogen and oxygen atoms in total. The molecule has 34 heavy (non-hydrogen) atoms. The molecule has 0 N–H and O–H groups in total. The summed E-state index contributed by atoms with van der Waals surface area (Å²) in [6, 6.07) is 34.8. The van der Waals surface area contributed by atoms with Crippen LogP contribution in [-0.2, 0) is 0 Å². The molecular formula is C33H26O.